The van der Waals surface area contributed by atoms with Crippen molar-refractivity contribution in [2.75, 3.05) is 47.4 Å². The number of nitrogens with zero attached hydrogens (tertiary/aromatic N) is 1. The molecule has 0 aliphatic rings. The minimum Gasteiger partial charge on any atom is -0.390 e. The van der Waals surface area contributed by atoms with E-state index in [9.17, 15) is 5.11 Å². The monoisotopic (exact) mass is 204 g/mol. The van der Waals surface area contributed by atoms with Crippen LogP contribution in [-0.2, 0) is 4.74 Å². The zero-order valence-corrected chi connectivity index (χ0v) is 9.62. The predicted molar refractivity (Wildman–Crippen MR) is 58.5 cm³/mol. The van der Waals surface area contributed by atoms with Crippen LogP contribution in [0.25, 0.3) is 0 Å². The van der Waals surface area contributed by atoms with Gasteiger partial charge in [-0.3, -0.25) is 0 Å². The van der Waals surface area contributed by atoms with Gasteiger partial charge in [0, 0.05) is 26.8 Å². The average Bonchev–Trinajstić information content (AvgIpc) is 2.10. The van der Waals surface area contributed by atoms with Crippen LogP contribution >= 0.6 is 0 Å². The van der Waals surface area contributed by atoms with Crippen LogP contribution < -0.4 is 5.32 Å². The summed E-state index contributed by atoms with van der Waals surface area (Å²) < 4.78 is 4.94. The van der Waals surface area contributed by atoms with Gasteiger partial charge in [-0.1, -0.05) is 0 Å². The summed E-state index contributed by atoms with van der Waals surface area (Å²) >= 11 is 0. The van der Waals surface area contributed by atoms with Gasteiger partial charge in [0.25, 0.3) is 0 Å². The molecule has 14 heavy (non-hydrogen) atoms. The molecule has 4 nitrogen and oxygen atoms in total. The Bertz CT molecular complexity index is 121. The van der Waals surface area contributed by atoms with Crippen molar-refractivity contribution in [1.82, 2.24) is 10.2 Å². The fourth-order valence-corrected chi connectivity index (χ4v) is 1.25. The highest BCUT2D eigenvalue weighted by atomic mass is 16.5. The Morgan fingerprint density at radius 2 is 2.07 bits per heavy atom. The number of methoxy groups -OCH3 is 1. The number of likely N-dealkylation sites (N-methyl/N-ethyl adjacent to an activating group) is 1. The molecular weight excluding hydrogens is 180 g/mol. The summed E-state index contributed by atoms with van der Waals surface area (Å²) in [6.07, 6.45) is 1.91. The summed E-state index contributed by atoms with van der Waals surface area (Å²) in [5, 5.41) is 12.7. The maximum Gasteiger partial charge on any atom is 0.0791 e. The van der Waals surface area contributed by atoms with Crippen LogP contribution in [0, 0.1) is 0 Å². The molecule has 4 heteroatoms. The molecule has 0 aromatic rings. The van der Waals surface area contributed by atoms with Gasteiger partial charge in [-0.15, -0.1) is 0 Å². The lowest BCUT2D eigenvalue weighted by molar-refractivity contribution is 0.134. The number of aliphatic hydroxyl groups is 1. The van der Waals surface area contributed by atoms with Gasteiger partial charge in [0.1, 0.15) is 0 Å². The molecule has 1 atom stereocenters. The van der Waals surface area contributed by atoms with Crippen molar-refractivity contribution in [2.45, 2.75) is 18.9 Å². The Balaban J connectivity index is 3.10. The molecule has 86 valence electrons. The third-order valence-electron chi connectivity index (χ3n) is 1.91. The van der Waals surface area contributed by atoms with Gasteiger partial charge in [0.05, 0.1) is 6.10 Å². The van der Waals surface area contributed by atoms with Crippen molar-refractivity contribution in [1.29, 1.82) is 0 Å². The molecule has 0 aromatic heterocycles. The fourth-order valence-electron chi connectivity index (χ4n) is 1.25. The van der Waals surface area contributed by atoms with E-state index >= 15 is 0 Å². The number of nitrogens with one attached hydrogen (secondary N) is 1. The molecule has 0 fully saturated rings. The van der Waals surface area contributed by atoms with Gasteiger partial charge >= 0.3 is 0 Å². The normalized spacial score (nSPS) is 13.5. The second kappa shape index (κ2) is 9.40. The van der Waals surface area contributed by atoms with Crippen LogP contribution in [-0.4, -0.2) is 63.6 Å². The van der Waals surface area contributed by atoms with Gasteiger partial charge in [-0.2, -0.15) is 0 Å². The van der Waals surface area contributed by atoms with Crippen molar-refractivity contribution in [3.05, 3.63) is 0 Å². The second-order valence-corrected chi connectivity index (χ2v) is 3.82. The molecule has 0 aliphatic carbocycles. The van der Waals surface area contributed by atoms with Gasteiger partial charge in [0.15, 0.2) is 0 Å². The van der Waals surface area contributed by atoms with Crippen LogP contribution in [0.3, 0.4) is 0 Å². The standard InChI is InChI=1S/C10H24N2O2/c1-12(2)9-10(13)8-11-6-4-5-7-14-3/h10-11,13H,4-9H2,1-3H3. The first-order chi connectivity index (χ1) is 6.66. The lowest BCUT2D eigenvalue weighted by Gasteiger charge is -2.16. The second-order valence-electron chi connectivity index (χ2n) is 3.82. The topological polar surface area (TPSA) is 44.7 Å². The average molecular weight is 204 g/mol. The number of hydrogen-bond acceptors (Lipinski definition) is 4. The van der Waals surface area contributed by atoms with E-state index < -0.39 is 0 Å². The number of aliphatic hydroxyl groups excluding tert-OH is 1. The van der Waals surface area contributed by atoms with Gasteiger partial charge < -0.3 is 20.1 Å². The van der Waals surface area contributed by atoms with Crippen LogP contribution in [0.15, 0.2) is 0 Å². The zero-order chi connectivity index (χ0) is 10.8. The molecule has 0 aromatic carbocycles. The minimum atomic E-state index is -0.271. The highest BCUT2D eigenvalue weighted by Crippen LogP contribution is 1.88. The first-order valence-corrected chi connectivity index (χ1v) is 5.19. The minimum absolute atomic E-state index is 0.271. The molecule has 0 aliphatic heterocycles. The van der Waals surface area contributed by atoms with E-state index in [1.807, 2.05) is 19.0 Å². The van der Waals surface area contributed by atoms with Crippen molar-refractivity contribution < 1.29 is 9.84 Å². The quantitative estimate of drug-likeness (QED) is 0.516. The molecule has 1 unspecified atom stereocenters. The lowest BCUT2D eigenvalue weighted by atomic mass is 10.3. The highest BCUT2D eigenvalue weighted by Gasteiger charge is 2.03. The third kappa shape index (κ3) is 9.92. The molecule has 0 radical (unpaired) electrons. The number of unbranched alkanes of at least 4 members (excludes halogenated alkanes) is 1. The summed E-state index contributed by atoms with van der Waals surface area (Å²) in [5.41, 5.74) is 0. The van der Waals surface area contributed by atoms with Crippen LogP contribution in [0.4, 0.5) is 0 Å². The first-order valence-electron chi connectivity index (χ1n) is 5.19. The Morgan fingerprint density at radius 1 is 1.36 bits per heavy atom. The summed E-state index contributed by atoms with van der Waals surface area (Å²) in [6.45, 7) is 3.16. The predicted octanol–water partition coefficient (Wildman–Crippen LogP) is -0.0749. The van der Waals surface area contributed by atoms with E-state index in [2.05, 4.69) is 5.32 Å². The molecule has 0 spiro atoms. The van der Waals surface area contributed by atoms with E-state index in [0.717, 1.165) is 26.0 Å². The Kier molecular flexibility index (Phi) is 9.29. The Labute approximate surface area is 87.2 Å². The lowest BCUT2D eigenvalue weighted by Crippen LogP contribution is -2.35. The zero-order valence-electron chi connectivity index (χ0n) is 9.62. The molecule has 0 amide bonds. The molecule has 0 heterocycles. The van der Waals surface area contributed by atoms with Crippen molar-refractivity contribution in [2.24, 2.45) is 0 Å². The number of rotatable bonds is 9. The van der Waals surface area contributed by atoms with Crippen molar-refractivity contribution in [3.63, 3.8) is 0 Å². The largest absolute Gasteiger partial charge is 0.390 e. The van der Waals surface area contributed by atoms with E-state index in [0.29, 0.717) is 13.1 Å². The summed E-state index contributed by atoms with van der Waals surface area (Å²) in [4.78, 5) is 1.98. The molecule has 2 N–H and O–H groups in total. The van der Waals surface area contributed by atoms with Crippen LogP contribution in [0.2, 0.25) is 0 Å². The number of hydrogen-bond donors (Lipinski definition) is 2. The Morgan fingerprint density at radius 3 is 2.64 bits per heavy atom. The third-order valence-corrected chi connectivity index (χ3v) is 1.91. The molecule has 0 saturated heterocycles. The Hall–Kier alpha value is -0.160. The van der Waals surface area contributed by atoms with Crippen molar-refractivity contribution >= 4 is 0 Å². The molecule has 0 saturated carbocycles. The molecule has 0 rings (SSSR count). The number of ether oxygens (including phenoxy) is 1. The van der Waals surface area contributed by atoms with E-state index in [1.54, 1.807) is 7.11 Å². The highest BCUT2D eigenvalue weighted by molar-refractivity contribution is 4.61. The van der Waals surface area contributed by atoms with Crippen LogP contribution in [0.5, 0.6) is 0 Å². The molecule has 0 bridgehead atoms. The van der Waals surface area contributed by atoms with Crippen molar-refractivity contribution in [3.8, 4) is 0 Å². The SMILES string of the molecule is COCCCCNCC(O)CN(C)C. The maximum absolute atomic E-state index is 9.49. The summed E-state index contributed by atoms with van der Waals surface area (Å²) in [6, 6.07) is 0. The first kappa shape index (κ1) is 13.8. The van der Waals surface area contributed by atoms with Gasteiger partial charge in [-0.05, 0) is 33.5 Å². The van der Waals surface area contributed by atoms with Gasteiger partial charge in [-0.25, -0.2) is 0 Å². The van der Waals surface area contributed by atoms with Gasteiger partial charge in [0.2, 0.25) is 0 Å². The van der Waals surface area contributed by atoms with E-state index in [1.165, 1.54) is 0 Å². The maximum atomic E-state index is 9.49. The van der Waals surface area contributed by atoms with E-state index in [-0.39, 0.29) is 6.10 Å². The summed E-state index contributed by atoms with van der Waals surface area (Å²) in [7, 11) is 5.64. The van der Waals surface area contributed by atoms with Crippen LogP contribution in [0.1, 0.15) is 12.8 Å². The van der Waals surface area contributed by atoms with E-state index in [4.69, 9.17) is 4.74 Å². The fraction of sp³-hybridized carbons (Fsp3) is 1.00. The molecular formula is C10H24N2O2. The summed E-state index contributed by atoms with van der Waals surface area (Å²) in [5.74, 6) is 0. The smallest absolute Gasteiger partial charge is 0.0791 e.